The molecule has 0 radical (unpaired) electrons. The smallest absolute Gasteiger partial charge is 0.410 e. The van der Waals surface area contributed by atoms with E-state index in [1.54, 1.807) is 9.80 Å². The van der Waals surface area contributed by atoms with Gasteiger partial charge in [-0.1, -0.05) is 72.8 Å². The minimum Gasteiger partial charge on any atom is -0.445 e. The molecule has 2 aromatic rings. The molecule has 0 N–H and O–H groups in total. The number of carbonyl (C=O) groups excluding carboxylic acids is 2. The fourth-order valence-electron chi connectivity index (χ4n) is 3.41. The van der Waals surface area contributed by atoms with E-state index in [1.807, 2.05) is 72.8 Å². The molecule has 162 valence electrons. The Kier molecular flexibility index (Phi) is 6.84. The Morgan fingerprint density at radius 1 is 0.742 bits per heavy atom. The number of rotatable bonds is 4. The van der Waals surface area contributed by atoms with Gasteiger partial charge in [0, 0.05) is 13.1 Å². The average Bonchev–Trinajstić information content (AvgIpc) is 3.21. The number of benzene rings is 2. The van der Waals surface area contributed by atoms with E-state index in [0.29, 0.717) is 39.4 Å². The molecule has 2 saturated heterocycles. The van der Waals surface area contributed by atoms with Gasteiger partial charge in [0.05, 0.1) is 13.1 Å². The molecule has 7 heteroatoms. The lowest BCUT2D eigenvalue weighted by Gasteiger charge is -2.16. The number of ether oxygens (including phenoxy) is 3. The molecule has 0 aromatic heterocycles. The highest BCUT2D eigenvalue weighted by Gasteiger charge is 2.49. The lowest BCUT2D eigenvalue weighted by Crippen LogP contribution is -2.32. The average molecular weight is 422 g/mol. The lowest BCUT2D eigenvalue weighted by molar-refractivity contribution is 0.0902. The number of likely N-dealkylation sites (tertiary alicyclic amines) is 1. The molecular formula is C24H26N2O5. The largest absolute Gasteiger partial charge is 0.445 e. The van der Waals surface area contributed by atoms with Gasteiger partial charge in [0.15, 0.2) is 0 Å². The fourth-order valence-corrected chi connectivity index (χ4v) is 3.41. The summed E-state index contributed by atoms with van der Waals surface area (Å²) >= 11 is 0. The van der Waals surface area contributed by atoms with Crippen molar-refractivity contribution >= 4 is 12.2 Å². The SMILES string of the molecule is O=C(OCc1ccccc1)N1CC2OC2C1.O=C(OCc1ccccc1)N1CC=CC1. The van der Waals surface area contributed by atoms with Gasteiger partial charge >= 0.3 is 12.2 Å². The van der Waals surface area contributed by atoms with E-state index < -0.39 is 0 Å². The molecule has 3 aliphatic heterocycles. The van der Waals surface area contributed by atoms with Gasteiger partial charge in [0.2, 0.25) is 0 Å². The molecule has 2 fully saturated rings. The van der Waals surface area contributed by atoms with Crippen molar-refractivity contribution in [2.75, 3.05) is 26.2 Å². The first kappa shape index (κ1) is 20.9. The molecule has 0 bridgehead atoms. The summed E-state index contributed by atoms with van der Waals surface area (Å²) < 4.78 is 15.6. The fraction of sp³-hybridized carbons (Fsp3) is 0.333. The number of epoxide rings is 1. The van der Waals surface area contributed by atoms with Crippen molar-refractivity contribution in [1.29, 1.82) is 0 Å². The molecule has 3 aliphatic rings. The summed E-state index contributed by atoms with van der Waals surface area (Å²) in [7, 11) is 0. The molecular weight excluding hydrogens is 396 g/mol. The Bertz CT molecular complexity index is 885. The highest BCUT2D eigenvalue weighted by molar-refractivity contribution is 5.69. The van der Waals surface area contributed by atoms with E-state index in [-0.39, 0.29) is 24.4 Å². The van der Waals surface area contributed by atoms with Crippen LogP contribution in [0.15, 0.2) is 72.8 Å². The third-order valence-corrected chi connectivity index (χ3v) is 5.23. The number of morpholine rings is 1. The Balaban J connectivity index is 0.000000150. The van der Waals surface area contributed by atoms with Crippen molar-refractivity contribution in [2.45, 2.75) is 25.4 Å². The summed E-state index contributed by atoms with van der Waals surface area (Å²) in [6.45, 7) is 3.36. The summed E-state index contributed by atoms with van der Waals surface area (Å²) in [5.74, 6) is 0. The number of nitrogens with zero attached hydrogens (tertiary/aromatic N) is 2. The predicted octanol–water partition coefficient (Wildman–Crippen LogP) is 3.60. The second-order valence-electron chi connectivity index (χ2n) is 7.57. The first-order valence-corrected chi connectivity index (χ1v) is 10.4. The van der Waals surface area contributed by atoms with Crippen molar-refractivity contribution in [3.8, 4) is 0 Å². The van der Waals surface area contributed by atoms with Crippen LogP contribution in [0.5, 0.6) is 0 Å². The second kappa shape index (κ2) is 10.1. The topological polar surface area (TPSA) is 71.6 Å². The molecule has 31 heavy (non-hydrogen) atoms. The van der Waals surface area contributed by atoms with Crippen LogP contribution in [0, 0.1) is 0 Å². The minimum absolute atomic E-state index is 0.236. The van der Waals surface area contributed by atoms with Gasteiger partial charge in [-0.15, -0.1) is 0 Å². The van der Waals surface area contributed by atoms with Gasteiger partial charge in [-0.3, -0.25) is 0 Å². The van der Waals surface area contributed by atoms with Gasteiger partial charge in [-0.25, -0.2) is 9.59 Å². The van der Waals surface area contributed by atoms with Crippen molar-refractivity contribution in [1.82, 2.24) is 9.80 Å². The van der Waals surface area contributed by atoms with Crippen LogP contribution in [-0.4, -0.2) is 60.4 Å². The Labute approximate surface area is 181 Å². The van der Waals surface area contributed by atoms with Crippen molar-refractivity contribution in [3.63, 3.8) is 0 Å². The van der Waals surface area contributed by atoms with E-state index in [9.17, 15) is 9.59 Å². The van der Waals surface area contributed by atoms with Gasteiger partial charge in [-0.2, -0.15) is 0 Å². The van der Waals surface area contributed by atoms with Gasteiger partial charge in [-0.05, 0) is 11.1 Å². The molecule has 3 heterocycles. The highest BCUT2D eigenvalue weighted by atomic mass is 16.6. The normalized spacial score (nSPS) is 20.5. The van der Waals surface area contributed by atoms with E-state index >= 15 is 0 Å². The van der Waals surface area contributed by atoms with Gasteiger partial charge in [0.1, 0.15) is 25.4 Å². The Morgan fingerprint density at radius 2 is 1.19 bits per heavy atom. The van der Waals surface area contributed by atoms with Crippen molar-refractivity contribution in [2.24, 2.45) is 0 Å². The minimum atomic E-state index is -0.246. The zero-order valence-electron chi connectivity index (χ0n) is 17.3. The number of hydrogen-bond acceptors (Lipinski definition) is 5. The molecule has 2 amide bonds. The second-order valence-corrected chi connectivity index (χ2v) is 7.57. The molecule has 5 rings (SSSR count). The van der Waals surface area contributed by atoms with Gasteiger partial charge < -0.3 is 24.0 Å². The monoisotopic (exact) mass is 422 g/mol. The summed E-state index contributed by atoms with van der Waals surface area (Å²) in [4.78, 5) is 26.5. The van der Waals surface area contributed by atoms with Crippen molar-refractivity contribution in [3.05, 3.63) is 83.9 Å². The van der Waals surface area contributed by atoms with Crippen LogP contribution in [0.25, 0.3) is 0 Å². The zero-order chi connectivity index (χ0) is 21.5. The third-order valence-electron chi connectivity index (χ3n) is 5.23. The summed E-state index contributed by atoms with van der Waals surface area (Å²) in [5, 5.41) is 0. The Hall–Kier alpha value is -3.32. The predicted molar refractivity (Wildman–Crippen MR) is 114 cm³/mol. The van der Waals surface area contributed by atoms with E-state index in [2.05, 4.69) is 0 Å². The van der Waals surface area contributed by atoms with Crippen LogP contribution in [0.3, 0.4) is 0 Å². The third kappa shape index (κ3) is 6.08. The van der Waals surface area contributed by atoms with Crippen LogP contribution >= 0.6 is 0 Å². The quantitative estimate of drug-likeness (QED) is 0.556. The molecule has 7 nitrogen and oxygen atoms in total. The number of fused-ring (bicyclic) bond motifs is 1. The molecule has 2 atom stereocenters. The number of hydrogen-bond donors (Lipinski definition) is 0. The first-order chi connectivity index (χ1) is 15.2. The highest BCUT2D eigenvalue weighted by Crippen LogP contribution is 2.30. The van der Waals surface area contributed by atoms with Crippen LogP contribution in [0.4, 0.5) is 9.59 Å². The standard InChI is InChI=1S/C12H13NO3.C12H13NO2/c14-12(13-6-10-11(7-13)16-10)15-8-9-4-2-1-3-5-9;14-12(13-8-4-5-9-13)15-10-11-6-2-1-3-7-11/h1-5,10-11H,6-8H2;1-7H,8-10H2. The maximum absolute atomic E-state index is 11.6. The molecule has 2 aromatic carbocycles. The summed E-state index contributed by atoms with van der Waals surface area (Å²) in [5.41, 5.74) is 2.02. The van der Waals surface area contributed by atoms with E-state index in [4.69, 9.17) is 14.2 Å². The Morgan fingerprint density at radius 3 is 1.68 bits per heavy atom. The van der Waals surface area contributed by atoms with Crippen LogP contribution in [0.1, 0.15) is 11.1 Å². The maximum Gasteiger partial charge on any atom is 0.410 e. The molecule has 0 spiro atoms. The van der Waals surface area contributed by atoms with Crippen molar-refractivity contribution < 1.29 is 23.8 Å². The lowest BCUT2D eigenvalue weighted by atomic mass is 10.2. The maximum atomic E-state index is 11.6. The first-order valence-electron chi connectivity index (χ1n) is 10.4. The van der Waals surface area contributed by atoms with Crippen LogP contribution in [0.2, 0.25) is 0 Å². The summed E-state index contributed by atoms with van der Waals surface area (Å²) in [6, 6.07) is 19.4. The van der Waals surface area contributed by atoms with Gasteiger partial charge in [0.25, 0.3) is 0 Å². The zero-order valence-corrected chi connectivity index (χ0v) is 17.3. The summed E-state index contributed by atoms with van der Waals surface area (Å²) in [6.07, 6.45) is 3.98. The van der Waals surface area contributed by atoms with E-state index in [0.717, 1.165) is 11.1 Å². The molecule has 0 aliphatic carbocycles. The number of carbonyl (C=O) groups is 2. The van der Waals surface area contributed by atoms with Crippen LogP contribution in [-0.2, 0) is 27.4 Å². The van der Waals surface area contributed by atoms with E-state index in [1.165, 1.54) is 0 Å². The van der Waals surface area contributed by atoms with Crippen LogP contribution < -0.4 is 0 Å². The number of amides is 2. The molecule has 0 saturated carbocycles. The molecule has 2 unspecified atom stereocenters.